The van der Waals surface area contributed by atoms with E-state index in [2.05, 4.69) is 0 Å². The van der Waals surface area contributed by atoms with Gasteiger partial charge in [-0.1, -0.05) is 23.7 Å². The molecule has 2 heterocycles. The molecule has 1 aliphatic carbocycles. The zero-order chi connectivity index (χ0) is 26.4. The van der Waals surface area contributed by atoms with Crippen molar-refractivity contribution in [2.24, 2.45) is 5.73 Å². The maximum atomic E-state index is 13.6. The molecule has 1 saturated carbocycles. The summed E-state index contributed by atoms with van der Waals surface area (Å²) in [7, 11) is 1.44. The summed E-state index contributed by atoms with van der Waals surface area (Å²) in [6.45, 7) is -0.297. The van der Waals surface area contributed by atoms with Crippen molar-refractivity contribution < 1.29 is 32.6 Å². The predicted octanol–water partition coefficient (Wildman–Crippen LogP) is 5.29. The van der Waals surface area contributed by atoms with E-state index < -0.39 is 36.9 Å². The Morgan fingerprint density at radius 1 is 1.14 bits per heavy atom. The molecule has 1 aliphatic heterocycles. The van der Waals surface area contributed by atoms with Crippen molar-refractivity contribution >= 4 is 40.5 Å². The highest BCUT2D eigenvalue weighted by Gasteiger charge is 2.60. The largest absolute Gasteiger partial charge is 0.493 e. The summed E-state index contributed by atoms with van der Waals surface area (Å²) in [5.41, 5.74) is 6.34. The second-order valence-electron chi connectivity index (χ2n) is 9.06. The number of ether oxygens (including phenoxy) is 3. The number of hydrogen-bond donors (Lipinski definition) is 1. The van der Waals surface area contributed by atoms with Crippen LogP contribution in [0.1, 0.15) is 28.1 Å². The molecule has 0 spiro atoms. The van der Waals surface area contributed by atoms with Crippen LogP contribution < -0.4 is 20.1 Å². The van der Waals surface area contributed by atoms with Crippen LogP contribution in [-0.2, 0) is 16.1 Å². The summed E-state index contributed by atoms with van der Waals surface area (Å²) in [6.07, 6.45) is -1.29. The number of carbonyl (C=O) groups excluding carboxylic acids is 2. The van der Waals surface area contributed by atoms with Gasteiger partial charge in [0.1, 0.15) is 6.61 Å². The number of hydrogen-bond acceptors (Lipinski definition) is 7. The van der Waals surface area contributed by atoms with Gasteiger partial charge in [-0.05, 0) is 41.5 Å². The number of amides is 1. The molecule has 7 nitrogen and oxygen atoms in total. The van der Waals surface area contributed by atoms with Gasteiger partial charge >= 0.3 is 5.97 Å². The van der Waals surface area contributed by atoms with Crippen molar-refractivity contribution in [1.82, 2.24) is 0 Å². The highest BCUT2D eigenvalue weighted by atomic mass is 35.5. The van der Waals surface area contributed by atoms with E-state index in [-0.39, 0.29) is 18.3 Å². The number of benzene rings is 2. The third-order valence-electron chi connectivity index (χ3n) is 6.31. The van der Waals surface area contributed by atoms with E-state index >= 15 is 0 Å². The Labute approximate surface area is 220 Å². The Bertz CT molecular complexity index is 1350. The number of thiophene rings is 1. The van der Waals surface area contributed by atoms with Gasteiger partial charge in [0.15, 0.2) is 17.1 Å². The fourth-order valence-electron chi connectivity index (χ4n) is 4.59. The zero-order valence-electron chi connectivity index (χ0n) is 19.8. The van der Waals surface area contributed by atoms with Gasteiger partial charge in [-0.15, -0.1) is 11.3 Å². The molecule has 0 unspecified atom stereocenters. The molecule has 2 aliphatic rings. The van der Waals surface area contributed by atoms with E-state index in [1.807, 2.05) is 30.3 Å². The van der Waals surface area contributed by atoms with Gasteiger partial charge in [-0.25, -0.2) is 8.78 Å². The second-order valence-corrected chi connectivity index (χ2v) is 10.5. The van der Waals surface area contributed by atoms with E-state index in [1.54, 1.807) is 23.1 Å². The van der Waals surface area contributed by atoms with Crippen molar-refractivity contribution in [3.63, 3.8) is 0 Å². The van der Waals surface area contributed by atoms with Gasteiger partial charge in [0.05, 0.1) is 37.9 Å². The fourth-order valence-corrected chi connectivity index (χ4v) is 5.84. The Morgan fingerprint density at radius 2 is 1.86 bits per heavy atom. The average molecular weight is 549 g/mol. The number of alkyl halides is 2. The second kappa shape index (κ2) is 9.59. The number of anilines is 1. The summed E-state index contributed by atoms with van der Waals surface area (Å²) in [5.74, 6) is -3.25. The third kappa shape index (κ3) is 5.01. The van der Waals surface area contributed by atoms with Crippen molar-refractivity contribution in [2.45, 2.75) is 30.9 Å². The highest BCUT2D eigenvalue weighted by molar-refractivity contribution is 7.17. The molecule has 2 aromatic carbocycles. The minimum absolute atomic E-state index is 0.125. The number of esters is 1. The van der Waals surface area contributed by atoms with E-state index in [4.69, 9.17) is 31.5 Å². The molecule has 0 saturated heterocycles. The SMILES string of the molecule is COc1cc(N2Cc3cc(-c4ccc(Cl)cc4)sc3C2=O)ccc1OCC1(OC(=O)CN)CC(F)(F)C1. The maximum Gasteiger partial charge on any atom is 0.320 e. The number of carbonyl (C=O) groups is 2. The number of halogens is 3. The summed E-state index contributed by atoms with van der Waals surface area (Å²) >= 11 is 7.40. The maximum absolute atomic E-state index is 13.6. The van der Waals surface area contributed by atoms with E-state index in [1.165, 1.54) is 18.4 Å². The molecule has 1 aromatic heterocycles. The Balaban J connectivity index is 1.30. The molecule has 5 rings (SSSR count). The number of nitrogens with two attached hydrogens (primary N) is 1. The van der Waals surface area contributed by atoms with Crippen LogP contribution >= 0.6 is 22.9 Å². The van der Waals surface area contributed by atoms with E-state index in [0.29, 0.717) is 27.9 Å². The van der Waals surface area contributed by atoms with E-state index in [9.17, 15) is 18.4 Å². The Morgan fingerprint density at radius 3 is 2.49 bits per heavy atom. The average Bonchev–Trinajstić information content (AvgIpc) is 3.41. The minimum atomic E-state index is -2.93. The van der Waals surface area contributed by atoms with Crippen LogP contribution in [0.5, 0.6) is 11.5 Å². The van der Waals surface area contributed by atoms with Gasteiger partial charge in [0, 0.05) is 21.7 Å². The molecule has 1 amide bonds. The van der Waals surface area contributed by atoms with Crippen LogP contribution in [0.2, 0.25) is 5.02 Å². The van der Waals surface area contributed by atoms with Gasteiger partial charge in [0.25, 0.3) is 11.8 Å². The lowest BCUT2D eigenvalue weighted by molar-refractivity contribution is -0.233. The van der Waals surface area contributed by atoms with Crippen LogP contribution in [-0.4, -0.2) is 43.7 Å². The lowest BCUT2D eigenvalue weighted by Crippen LogP contribution is -2.58. The molecule has 2 N–H and O–H groups in total. The molecule has 0 atom stereocenters. The van der Waals surface area contributed by atoms with Gasteiger partial charge in [-0.3, -0.25) is 9.59 Å². The summed E-state index contributed by atoms with van der Waals surface area (Å²) in [5, 5.41) is 0.647. The number of fused-ring (bicyclic) bond motifs is 1. The lowest BCUT2D eigenvalue weighted by atomic mass is 9.77. The molecule has 0 radical (unpaired) electrons. The molecule has 194 valence electrons. The molecule has 37 heavy (non-hydrogen) atoms. The van der Waals surface area contributed by atoms with Gasteiger partial charge < -0.3 is 24.8 Å². The minimum Gasteiger partial charge on any atom is -0.493 e. The summed E-state index contributed by atoms with van der Waals surface area (Å²) in [6, 6.07) is 14.4. The molecule has 1 fully saturated rings. The first-order chi connectivity index (χ1) is 17.6. The topological polar surface area (TPSA) is 91.1 Å². The Kier molecular flexibility index (Phi) is 6.59. The quantitative estimate of drug-likeness (QED) is 0.385. The van der Waals surface area contributed by atoms with Crippen molar-refractivity contribution in [1.29, 1.82) is 0 Å². The monoisotopic (exact) mass is 548 g/mol. The number of rotatable bonds is 8. The van der Waals surface area contributed by atoms with Gasteiger partial charge in [0.2, 0.25) is 0 Å². The van der Waals surface area contributed by atoms with Crippen LogP contribution in [0.25, 0.3) is 10.4 Å². The first-order valence-corrected chi connectivity index (χ1v) is 12.6. The molecular formula is C26H23ClF2N2O5S. The van der Waals surface area contributed by atoms with Crippen molar-refractivity contribution in [3.05, 3.63) is 64.0 Å². The normalized spacial score (nSPS) is 17.2. The smallest absolute Gasteiger partial charge is 0.320 e. The first kappa shape index (κ1) is 25.4. The summed E-state index contributed by atoms with van der Waals surface area (Å²) < 4.78 is 43.6. The third-order valence-corrected chi connectivity index (χ3v) is 7.78. The molecule has 3 aromatic rings. The standard InChI is InChI=1S/C26H23ClF2N2O5S/c1-34-20-9-18(6-7-19(20)35-14-25(36-22(32)10-30)12-26(28,29)13-25)31-11-16-8-21(37-23(16)24(31)33)15-2-4-17(27)5-3-15/h2-9H,10-14,30H2,1H3. The van der Waals surface area contributed by atoms with Gasteiger partial charge in [-0.2, -0.15) is 0 Å². The number of methoxy groups -OCH3 is 1. The van der Waals surface area contributed by atoms with Crippen LogP contribution in [0.4, 0.5) is 14.5 Å². The van der Waals surface area contributed by atoms with Crippen LogP contribution in [0.15, 0.2) is 48.5 Å². The van der Waals surface area contributed by atoms with Crippen molar-refractivity contribution in [3.8, 4) is 21.9 Å². The Hall–Kier alpha value is -3.21. The first-order valence-electron chi connectivity index (χ1n) is 11.4. The molecule has 0 bridgehead atoms. The van der Waals surface area contributed by atoms with Crippen molar-refractivity contribution in [2.75, 3.05) is 25.2 Å². The van der Waals surface area contributed by atoms with Crippen LogP contribution in [0, 0.1) is 0 Å². The van der Waals surface area contributed by atoms with E-state index in [0.717, 1.165) is 16.0 Å². The lowest BCUT2D eigenvalue weighted by Gasteiger charge is -2.45. The highest BCUT2D eigenvalue weighted by Crippen LogP contribution is 2.49. The molecule has 11 heteroatoms. The predicted molar refractivity (Wildman–Crippen MR) is 136 cm³/mol. The summed E-state index contributed by atoms with van der Waals surface area (Å²) in [4.78, 5) is 28.1. The van der Waals surface area contributed by atoms with Crippen LogP contribution in [0.3, 0.4) is 0 Å². The number of nitrogens with zero attached hydrogens (tertiary/aromatic N) is 1. The fraction of sp³-hybridized carbons (Fsp3) is 0.308. The zero-order valence-corrected chi connectivity index (χ0v) is 21.3. The molecular weight excluding hydrogens is 526 g/mol.